The van der Waals surface area contributed by atoms with Crippen molar-refractivity contribution in [2.24, 2.45) is 0 Å². The summed E-state index contributed by atoms with van der Waals surface area (Å²) < 4.78 is 0. The fourth-order valence-electron chi connectivity index (χ4n) is 15.2. The van der Waals surface area contributed by atoms with E-state index in [1.165, 1.54) is 64.9 Å². The highest BCUT2D eigenvalue weighted by Crippen LogP contribution is 2.56. The molecule has 0 aromatic heterocycles. The van der Waals surface area contributed by atoms with Crippen molar-refractivity contribution < 1.29 is 0 Å². The highest BCUT2D eigenvalue weighted by molar-refractivity contribution is 8.00. The van der Waals surface area contributed by atoms with Crippen LogP contribution in [-0.4, -0.2) is 13.4 Å². The van der Waals surface area contributed by atoms with Crippen molar-refractivity contribution in [3.05, 3.63) is 346 Å². The van der Waals surface area contributed by atoms with Crippen molar-refractivity contribution in [2.45, 2.75) is 9.79 Å². The highest BCUT2D eigenvalue weighted by atomic mass is 32.2. The van der Waals surface area contributed by atoms with Crippen LogP contribution < -0.4 is 57.3 Å². The van der Waals surface area contributed by atoms with Crippen LogP contribution in [0.5, 0.6) is 0 Å². The molecule has 4 aliphatic heterocycles. The van der Waals surface area contributed by atoms with E-state index >= 15 is 0 Å². The smallest absolute Gasteiger partial charge is 0.252 e. The topological polar surface area (TPSA) is 16.2 Å². The third kappa shape index (κ3) is 8.59. The summed E-state index contributed by atoms with van der Waals surface area (Å²) in [6, 6.07) is 128. The van der Waals surface area contributed by atoms with E-state index in [9.17, 15) is 0 Å². The second-order valence-electron chi connectivity index (χ2n) is 23.9. The molecule has 430 valence electrons. The van der Waals surface area contributed by atoms with Crippen molar-refractivity contribution >= 4 is 143 Å². The lowest BCUT2D eigenvalue weighted by Crippen LogP contribution is -2.65. The summed E-state index contributed by atoms with van der Waals surface area (Å²) in [7, 11) is 0. The molecule has 0 radical (unpaired) electrons. The molecule has 4 heterocycles. The van der Waals surface area contributed by atoms with Crippen molar-refractivity contribution in [3.63, 3.8) is 0 Å². The predicted molar refractivity (Wildman–Crippen MR) is 391 cm³/mol. The number of fused-ring (bicyclic) bond motifs is 8. The maximum atomic E-state index is 2.66. The maximum Gasteiger partial charge on any atom is 0.252 e. The molecule has 92 heavy (non-hydrogen) atoms. The average Bonchev–Trinajstić information content (AvgIpc) is 0.674. The molecule has 0 saturated heterocycles. The zero-order valence-corrected chi connectivity index (χ0v) is 51.0. The Labute approximate surface area is 542 Å². The van der Waals surface area contributed by atoms with Crippen molar-refractivity contribution in [2.75, 3.05) is 24.5 Å². The van der Waals surface area contributed by atoms with Crippen LogP contribution in [0.2, 0.25) is 0 Å². The first kappa shape index (κ1) is 53.6. The van der Waals surface area contributed by atoms with E-state index in [0.29, 0.717) is 0 Å². The Balaban J connectivity index is 1.02. The van der Waals surface area contributed by atoms with Gasteiger partial charge in [-0.3, -0.25) is 0 Å². The molecule has 0 unspecified atom stereocenters. The molecule has 0 N–H and O–H groups in total. The first-order chi connectivity index (χ1) is 45.7. The molecule has 0 amide bonds. The average molecular weight is 1190 g/mol. The lowest BCUT2D eigenvalue weighted by atomic mass is 9.29. The minimum Gasteiger partial charge on any atom is -0.311 e. The van der Waals surface area contributed by atoms with Gasteiger partial charge in [0.05, 0.1) is 11.4 Å². The quantitative estimate of drug-likeness (QED) is 0.119. The van der Waals surface area contributed by atoms with Crippen LogP contribution in [-0.2, 0) is 0 Å². The normalized spacial score (nSPS) is 12.8. The highest BCUT2D eigenvalue weighted by Gasteiger charge is 2.51. The fraction of sp³-hybridized carbons (Fsp3) is 0. The van der Waals surface area contributed by atoms with E-state index in [1.807, 2.05) is 11.8 Å². The Hall–Kier alpha value is -11.4. The molecule has 0 fully saturated rings. The molecule has 0 bridgehead atoms. The minimum atomic E-state index is -0.247. The molecule has 8 heteroatoms. The van der Waals surface area contributed by atoms with E-state index in [1.54, 1.807) is 0 Å². The van der Waals surface area contributed by atoms with Crippen LogP contribution in [0.1, 0.15) is 0 Å². The molecule has 0 aliphatic carbocycles. The lowest BCUT2D eigenvalue weighted by molar-refractivity contribution is 1.22. The summed E-state index contributed by atoms with van der Waals surface area (Å²) in [5, 5.41) is 0. The molecule has 4 aliphatic rings. The van der Waals surface area contributed by atoms with Crippen LogP contribution >= 0.6 is 11.8 Å². The molecular formula is C84H57B2N5S. The Kier molecular flexibility index (Phi) is 13.0. The first-order valence-corrected chi connectivity index (χ1v) is 32.5. The van der Waals surface area contributed by atoms with Gasteiger partial charge in [0.25, 0.3) is 6.71 Å². The minimum absolute atomic E-state index is 0.204. The summed E-state index contributed by atoms with van der Waals surface area (Å²) >= 11 is 1.94. The standard InChI is InChI=1S/C84H57B2N5S/c1-10-32-58(33-11-1)77-81-83(91(66-48-26-9-27-49-66)74-55-67(87(60-36-14-3-15-37-60)61-38-16-4-17-39-61)54-73-79(74)85(81)69-50-28-30-52-71(69)89(73)64-44-22-7-23-45-64)78(59-34-12-2-13-35-59)84-82(77)86-70-51-29-31-53-72(70)90(65-46-24-8-25-47-65)75-56-68(57-76(92-84)80(75)86)88(62-40-18-5-19-41-62)63-42-20-6-21-43-63/h1-57H. The first-order valence-electron chi connectivity index (χ1n) is 31.7. The molecular weight excluding hydrogens is 1130 g/mol. The van der Waals surface area contributed by atoms with E-state index in [0.717, 1.165) is 85.2 Å². The van der Waals surface area contributed by atoms with Gasteiger partial charge in [-0.25, -0.2) is 0 Å². The van der Waals surface area contributed by atoms with E-state index in [-0.39, 0.29) is 13.4 Å². The van der Waals surface area contributed by atoms with Crippen molar-refractivity contribution in [1.82, 2.24) is 0 Å². The zero-order valence-electron chi connectivity index (χ0n) is 50.2. The molecule has 14 aromatic rings. The van der Waals surface area contributed by atoms with Gasteiger partial charge in [-0.05, 0) is 171 Å². The summed E-state index contributed by atoms with van der Waals surface area (Å²) in [5.74, 6) is 0. The maximum absolute atomic E-state index is 2.66. The Morgan fingerprint density at radius 1 is 0.250 bits per heavy atom. The van der Waals surface area contributed by atoms with Gasteiger partial charge in [0.2, 0.25) is 6.71 Å². The van der Waals surface area contributed by atoms with Gasteiger partial charge in [-0.2, -0.15) is 0 Å². The molecule has 5 nitrogen and oxygen atoms in total. The number of anilines is 15. The Morgan fingerprint density at radius 2 is 0.576 bits per heavy atom. The number of para-hydroxylation sites is 9. The second kappa shape index (κ2) is 22.2. The lowest BCUT2D eigenvalue weighted by Gasteiger charge is -2.48. The molecule has 0 spiro atoms. The van der Waals surface area contributed by atoms with Gasteiger partial charge in [0, 0.05) is 89.3 Å². The van der Waals surface area contributed by atoms with Crippen LogP contribution in [0.15, 0.2) is 356 Å². The van der Waals surface area contributed by atoms with Gasteiger partial charge in [-0.15, -0.1) is 0 Å². The van der Waals surface area contributed by atoms with E-state index < -0.39 is 0 Å². The van der Waals surface area contributed by atoms with Gasteiger partial charge in [0.15, 0.2) is 0 Å². The fourth-order valence-corrected chi connectivity index (χ4v) is 16.5. The molecule has 0 atom stereocenters. The summed E-state index contributed by atoms with van der Waals surface area (Å²) in [6.45, 7) is -0.451. The number of benzene rings is 14. The number of rotatable bonds is 11. The van der Waals surface area contributed by atoms with Gasteiger partial charge >= 0.3 is 0 Å². The van der Waals surface area contributed by atoms with Crippen LogP contribution in [0.25, 0.3) is 22.3 Å². The Morgan fingerprint density at radius 3 is 1.01 bits per heavy atom. The molecule has 14 aromatic carbocycles. The third-order valence-corrected chi connectivity index (χ3v) is 19.9. The van der Waals surface area contributed by atoms with Crippen LogP contribution in [0, 0.1) is 0 Å². The molecule has 0 saturated carbocycles. The predicted octanol–water partition coefficient (Wildman–Crippen LogP) is 18.8. The van der Waals surface area contributed by atoms with Crippen LogP contribution in [0.3, 0.4) is 0 Å². The van der Waals surface area contributed by atoms with E-state index in [2.05, 4.69) is 370 Å². The monoisotopic (exact) mass is 1190 g/mol. The van der Waals surface area contributed by atoms with Crippen molar-refractivity contribution in [1.29, 1.82) is 0 Å². The zero-order chi connectivity index (χ0) is 60.6. The summed E-state index contributed by atoms with van der Waals surface area (Å²) in [6.07, 6.45) is 0. The number of hydrogen-bond donors (Lipinski definition) is 0. The van der Waals surface area contributed by atoms with Crippen LogP contribution in [0.4, 0.5) is 85.3 Å². The van der Waals surface area contributed by atoms with E-state index in [4.69, 9.17) is 0 Å². The second-order valence-corrected chi connectivity index (χ2v) is 24.9. The molecule has 18 rings (SSSR count). The number of hydrogen-bond acceptors (Lipinski definition) is 6. The summed E-state index contributed by atoms with van der Waals surface area (Å²) in [4.78, 5) is 15.1. The van der Waals surface area contributed by atoms with Crippen molar-refractivity contribution in [3.8, 4) is 22.3 Å². The Bertz CT molecular complexity index is 5010. The van der Waals surface area contributed by atoms with Gasteiger partial charge in [0.1, 0.15) is 0 Å². The van der Waals surface area contributed by atoms with Gasteiger partial charge < -0.3 is 24.5 Å². The summed E-state index contributed by atoms with van der Waals surface area (Å²) in [5.41, 5.74) is 29.1. The number of nitrogens with zero attached hydrogens (tertiary/aromatic N) is 5. The van der Waals surface area contributed by atoms with Gasteiger partial charge in [-0.1, -0.05) is 236 Å². The SMILES string of the molecule is c1ccc(-c2c3c(c(-c4ccccc4)c4c2B2c5ccccc5N(c5ccccc5)c5cc(N(c6ccccc6)c6ccccc6)cc(c52)N4c2ccccc2)Sc2cc(N(c4ccccc4)c4ccccc4)cc4c2B3c2ccccc2N4c2ccccc2)cc1. The third-order valence-electron chi connectivity index (χ3n) is 18.8. The largest absolute Gasteiger partial charge is 0.311 e.